The molecule has 0 aliphatic heterocycles. The second kappa shape index (κ2) is 9.26. The van der Waals surface area contributed by atoms with Gasteiger partial charge in [0.1, 0.15) is 11.7 Å². The molecule has 7 heteroatoms. The third-order valence-corrected chi connectivity index (χ3v) is 4.92. The number of nitrogens with zero attached hydrogens (tertiary/aromatic N) is 2. The van der Waals surface area contributed by atoms with E-state index in [1.54, 1.807) is 0 Å². The Balaban J connectivity index is 1.72. The van der Waals surface area contributed by atoms with Crippen molar-refractivity contribution in [2.75, 3.05) is 5.32 Å². The molecular weight excluding hydrogens is 367 g/mol. The Morgan fingerprint density at radius 1 is 1.11 bits per heavy atom. The summed E-state index contributed by atoms with van der Waals surface area (Å²) in [6.07, 6.45) is 4.00. The van der Waals surface area contributed by atoms with Crippen molar-refractivity contribution in [2.24, 2.45) is 0 Å². The van der Waals surface area contributed by atoms with Crippen LogP contribution >= 0.6 is 0 Å². The predicted molar refractivity (Wildman–Crippen MR) is 103 cm³/mol. The topological polar surface area (TPSA) is 47.0 Å². The van der Waals surface area contributed by atoms with Crippen LogP contribution in [0.25, 0.3) is 0 Å². The normalized spacial score (nSPS) is 15.0. The number of ether oxygens (including phenoxy) is 1. The molecule has 3 rings (SSSR count). The highest BCUT2D eigenvalue weighted by Crippen LogP contribution is 2.37. The fourth-order valence-electron chi connectivity index (χ4n) is 3.34. The first-order chi connectivity index (χ1) is 13.5. The van der Waals surface area contributed by atoms with Crippen LogP contribution in [0.15, 0.2) is 30.5 Å². The number of unbranched alkanes of at least 4 members (excludes halogenated alkanes) is 2. The quantitative estimate of drug-likeness (QED) is 0.535. The number of alkyl halides is 3. The second-order valence-electron chi connectivity index (χ2n) is 7.21. The zero-order chi connectivity index (χ0) is 20.0. The Labute approximate surface area is 163 Å². The summed E-state index contributed by atoms with van der Waals surface area (Å²) in [4.78, 5) is 7.85. The minimum atomic E-state index is -4.55. The molecule has 1 aliphatic carbocycles. The summed E-state index contributed by atoms with van der Waals surface area (Å²) < 4.78 is 45.4. The lowest BCUT2D eigenvalue weighted by molar-refractivity contribution is -0.139. The Kier molecular flexibility index (Phi) is 6.75. The van der Waals surface area contributed by atoms with E-state index < -0.39 is 17.6 Å². The molecule has 0 bridgehead atoms. The molecule has 1 heterocycles. The summed E-state index contributed by atoms with van der Waals surface area (Å²) in [5.41, 5.74) is 1.03. The van der Waals surface area contributed by atoms with Crippen molar-refractivity contribution in [1.29, 1.82) is 0 Å². The first-order valence-corrected chi connectivity index (χ1v) is 9.92. The summed E-state index contributed by atoms with van der Waals surface area (Å²) >= 11 is 0. The molecule has 28 heavy (non-hydrogen) atoms. The van der Waals surface area contributed by atoms with E-state index in [1.807, 2.05) is 24.3 Å². The van der Waals surface area contributed by atoms with Crippen molar-refractivity contribution < 1.29 is 17.9 Å². The van der Waals surface area contributed by atoms with Crippen LogP contribution in [0.3, 0.4) is 0 Å². The Hall–Kier alpha value is -2.31. The SMILES string of the molecule is CCCCCc1ccc(Nc2ncc(C(F)(F)F)c(OC3CCCC3)n2)cc1. The molecule has 0 unspecified atom stereocenters. The summed E-state index contributed by atoms with van der Waals surface area (Å²) in [5.74, 6) is -0.298. The molecule has 152 valence electrons. The highest BCUT2D eigenvalue weighted by Gasteiger charge is 2.37. The fraction of sp³-hybridized carbons (Fsp3) is 0.524. The number of rotatable bonds is 8. The van der Waals surface area contributed by atoms with Gasteiger partial charge in [0.05, 0.1) is 0 Å². The van der Waals surface area contributed by atoms with E-state index in [1.165, 1.54) is 18.4 Å². The molecule has 0 saturated heterocycles. The zero-order valence-electron chi connectivity index (χ0n) is 16.1. The van der Waals surface area contributed by atoms with Gasteiger partial charge >= 0.3 is 6.18 Å². The Morgan fingerprint density at radius 3 is 2.46 bits per heavy atom. The average Bonchev–Trinajstić information content (AvgIpc) is 3.16. The number of hydrogen-bond donors (Lipinski definition) is 1. The van der Waals surface area contributed by atoms with E-state index in [9.17, 15) is 13.2 Å². The summed E-state index contributed by atoms with van der Waals surface area (Å²) in [6, 6.07) is 7.80. The first-order valence-electron chi connectivity index (χ1n) is 9.92. The van der Waals surface area contributed by atoms with Crippen LogP contribution in [0.2, 0.25) is 0 Å². The predicted octanol–water partition coefficient (Wildman–Crippen LogP) is 6.29. The van der Waals surface area contributed by atoms with Crippen molar-refractivity contribution in [1.82, 2.24) is 9.97 Å². The standard InChI is InChI=1S/C21H26F3N3O/c1-2-3-4-7-15-10-12-16(13-11-15)26-20-25-14-18(21(22,23)24)19(27-20)28-17-8-5-6-9-17/h10-14,17H,2-9H2,1H3,(H,25,26,27). The largest absolute Gasteiger partial charge is 0.474 e. The van der Waals surface area contributed by atoms with Crippen LogP contribution in [-0.4, -0.2) is 16.1 Å². The third kappa shape index (κ3) is 5.59. The van der Waals surface area contributed by atoms with Crippen molar-refractivity contribution in [3.05, 3.63) is 41.6 Å². The van der Waals surface area contributed by atoms with Gasteiger partial charge < -0.3 is 10.1 Å². The molecule has 1 aliphatic rings. The van der Waals surface area contributed by atoms with Crippen molar-refractivity contribution in [3.63, 3.8) is 0 Å². The molecule has 1 fully saturated rings. The highest BCUT2D eigenvalue weighted by atomic mass is 19.4. The van der Waals surface area contributed by atoms with Crippen LogP contribution in [0.5, 0.6) is 5.88 Å². The maximum atomic E-state index is 13.3. The maximum absolute atomic E-state index is 13.3. The van der Waals surface area contributed by atoms with E-state index in [0.717, 1.165) is 50.4 Å². The van der Waals surface area contributed by atoms with Crippen molar-refractivity contribution >= 4 is 11.6 Å². The molecular formula is C21H26F3N3O. The molecule has 1 aromatic heterocycles. The van der Waals surface area contributed by atoms with Gasteiger partial charge in [-0.15, -0.1) is 0 Å². The van der Waals surface area contributed by atoms with E-state index in [4.69, 9.17) is 4.74 Å². The number of halogens is 3. The highest BCUT2D eigenvalue weighted by molar-refractivity contribution is 5.54. The lowest BCUT2D eigenvalue weighted by Crippen LogP contribution is -2.17. The van der Waals surface area contributed by atoms with E-state index in [0.29, 0.717) is 0 Å². The van der Waals surface area contributed by atoms with E-state index in [-0.39, 0.29) is 12.1 Å². The van der Waals surface area contributed by atoms with E-state index in [2.05, 4.69) is 22.2 Å². The Bertz CT molecular complexity index is 756. The van der Waals surface area contributed by atoms with Crippen molar-refractivity contribution in [3.8, 4) is 5.88 Å². The van der Waals surface area contributed by atoms with Gasteiger partial charge in [0.2, 0.25) is 11.8 Å². The molecule has 0 radical (unpaired) electrons. The molecule has 0 amide bonds. The number of anilines is 2. The van der Waals surface area contributed by atoms with Gasteiger partial charge in [-0.3, -0.25) is 0 Å². The molecule has 1 N–H and O–H groups in total. The van der Waals surface area contributed by atoms with Crippen LogP contribution in [0, 0.1) is 0 Å². The molecule has 2 aromatic rings. The number of hydrogen-bond acceptors (Lipinski definition) is 4. The lowest BCUT2D eigenvalue weighted by Gasteiger charge is -2.17. The van der Waals surface area contributed by atoms with Gasteiger partial charge in [0.15, 0.2) is 0 Å². The number of benzene rings is 1. The zero-order valence-corrected chi connectivity index (χ0v) is 16.1. The van der Waals surface area contributed by atoms with Gasteiger partial charge in [-0.05, 0) is 56.2 Å². The first kappa shape index (κ1) is 20.4. The monoisotopic (exact) mass is 393 g/mol. The maximum Gasteiger partial charge on any atom is 0.423 e. The lowest BCUT2D eigenvalue weighted by atomic mass is 10.1. The summed E-state index contributed by atoms with van der Waals surface area (Å²) in [5, 5.41) is 2.97. The number of nitrogens with one attached hydrogen (secondary N) is 1. The number of aromatic nitrogens is 2. The fourth-order valence-corrected chi connectivity index (χ4v) is 3.34. The van der Waals surface area contributed by atoms with Crippen LogP contribution in [0.1, 0.15) is 63.0 Å². The molecule has 1 saturated carbocycles. The third-order valence-electron chi connectivity index (χ3n) is 4.92. The summed E-state index contributed by atoms with van der Waals surface area (Å²) in [7, 11) is 0. The van der Waals surface area contributed by atoms with Crippen LogP contribution in [0.4, 0.5) is 24.8 Å². The smallest absolute Gasteiger partial charge is 0.423 e. The molecule has 0 atom stereocenters. The van der Waals surface area contributed by atoms with E-state index >= 15 is 0 Å². The molecule has 4 nitrogen and oxygen atoms in total. The molecule has 0 spiro atoms. The molecule has 1 aromatic carbocycles. The second-order valence-corrected chi connectivity index (χ2v) is 7.21. The van der Waals surface area contributed by atoms with Gasteiger partial charge in [0.25, 0.3) is 0 Å². The van der Waals surface area contributed by atoms with Crippen LogP contribution in [-0.2, 0) is 12.6 Å². The minimum absolute atomic E-state index is 0.0970. The van der Waals surface area contributed by atoms with Gasteiger partial charge in [-0.25, -0.2) is 4.98 Å². The Morgan fingerprint density at radius 2 is 1.82 bits per heavy atom. The minimum Gasteiger partial charge on any atom is -0.474 e. The van der Waals surface area contributed by atoms with Gasteiger partial charge in [-0.2, -0.15) is 18.2 Å². The average molecular weight is 393 g/mol. The van der Waals surface area contributed by atoms with Gasteiger partial charge in [-0.1, -0.05) is 31.9 Å². The van der Waals surface area contributed by atoms with Crippen molar-refractivity contribution in [2.45, 2.75) is 70.6 Å². The summed E-state index contributed by atoms with van der Waals surface area (Å²) in [6.45, 7) is 2.17. The number of aryl methyl sites for hydroxylation is 1. The van der Waals surface area contributed by atoms with Crippen LogP contribution < -0.4 is 10.1 Å². The van der Waals surface area contributed by atoms with Gasteiger partial charge in [0, 0.05) is 11.9 Å².